The zero-order valence-corrected chi connectivity index (χ0v) is 10.1. The van der Waals surface area contributed by atoms with Crippen LogP contribution in [0.25, 0.3) is 10.9 Å². The highest BCUT2D eigenvalue weighted by Gasteiger charge is 2.08. The van der Waals surface area contributed by atoms with Crippen LogP contribution >= 0.6 is 0 Å². The second-order valence-electron chi connectivity index (χ2n) is 4.53. The van der Waals surface area contributed by atoms with E-state index in [1.54, 1.807) is 0 Å². The first kappa shape index (κ1) is 11.1. The molecule has 0 aliphatic rings. The molecule has 2 aromatic rings. The predicted octanol–water partition coefficient (Wildman–Crippen LogP) is 3.13. The van der Waals surface area contributed by atoms with Crippen molar-refractivity contribution in [3.05, 3.63) is 41.1 Å². The highest BCUT2D eigenvalue weighted by atomic mass is 14.7. The molecule has 2 N–H and O–H groups in total. The third-order valence-electron chi connectivity index (χ3n) is 2.96. The van der Waals surface area contributed by atoms with Crippen LogP contribution in [0.5, 0.6) is 0 Å². The summed E-state index contributed by atoms with van der Waals surface area (Å²) in [6.45, 7) is 7.01. The number of para-hydroxylation sites is 1. The van der Waals surface area contributed by atoms with Gasteiger partial charge in [-0.3, -0.25) is 4.98 Å². The number of aromatic nitrogens is 1. The third-order valence-corrected chi connectivity index (χ3v) is 2.96. The summed E-state index contributed by atoms with van der Waals surface area (Å²) < 4.78 is 0. The van der Waals surface area contributed by atoms with E-state index in [2.05, 4.69) is 50.0 Å². The first-order valence-corrected chi connectivity index (χ1v) is 5.72. The van der Waals surface area contributed by atoms with Crippen molar-refractivity contribution in [3.8, 4) is 0 Å². The number of benzene rings is 1. The summed E-state index contributed by atoms with van der Waals surface area (Å²) in [6.07, 6.45) is 0. The van der Waals surface area contributed by atoms with Crippen molar-refractivity contribution < 1.29 is 0 Å². The summed E-state index contributed by atoms with van der Waals surface area (Å²) in [6, 6.07) is 8.46. The molecule has 0 atom stereocenters. The Bertz CT molecular complexity index is 515. The minimum absolute atomic E-state index is 0.489. The molecule has 0 radical (unpaired) electrons. The molecule has 1 aromatic carbocycles. The number of nitrogens with two attached hydrogens (primary N) is 1. The van der Waals surface area contributed by atoms with Crippen LogP contribution in [0.3, 0.4) is 0 Å². The van der Waals surface area contributed by atoms with E-state index in [9.17, 15) is 0 Å². The smallest absolute Gasteiger partial charge is 0.0743 e. The van der Waals surface area contributed by atoms with Crippen molar-refractivity contribution in [1.82, 2.24) is 4.98 Å². The summed E-state index contributed by atoms with van der Waals surface area (Å²) in [5, 5.41) is 1.24. The van der Waals surface area contributed by atoms with E-state index in [1.807, 2.05) is 0 Å². The number of aryl methyl sites for hydroxylation is 1. The molecule has 0 amide bonds. The Morgan fingerprint density at radius 3 is 2.69 bits per heavy atom. The molecular weight excluding hydrogens is 196 g/mol. The Hall–Kier alpha value is -1.41. The zero-order valence-electron chi connectivity index (χ0n) is 10.1. The monoisotopic (exact) mass is 214 g/mol. The summed E-state index contributed by atoms with van der Waals surface area (Å²) in [4.78, 5) is 4.65. The quantitative estimate of drug-likeness (QED) is 0.834. The normalized spacial score (nSPS) is 11.3. The summed E-state index contributed by atoms with van der Waals surface area (Å²) >= 11 is 0. The molecule has 2 heteroatoms. The number of rotatable bonds is 2. The minimum Gasteiger partial charge on any atom is -0.325 e. The number of fused-ring (bicyclic) bond motifs is 1. The van der Waals surface area contributed by atoms with Gasteiger partial charge in [-0.25, -0.2) is 0 Å². The average molecular weight is 214 g/mol. The van der Waals surface area contributed by atoms with Crippen molar-refractivity contribution in [2.75, 3.05) is 0 Å². The maximum absolute atomic E-state index is 5.67. The lowest BCUT2D eigenvalue weighted by molar-refractivity contribution is 0.869. The summed E-state index contributed by atoms with van der Waals surface area (Å²) in [5.74, 6) is 0.489. The molecule has 0 aliphatic carbocycles. The molecule has 1 heterocycles. The van der Waals surface area contributed by atoms with Gasteiger partial charge in [0.2, 0.25) is 0 Å². The van der Waals surface area contributed by atoms with Crippen LogP contribution in [0.1, 0.15) is 36.6 Å². The summed E-state index contributed by atoms with van der Waals surface area (Å²) in [5.41, 5.74) is 10.3. The lowest BCUT2D eigenvalue weighted by Crippen LogP contribution is -2.02. The molecule has 2 nitrogen and oxygen atoms in total. The Labute approximate surface area is 96.5 Å². The molecule has 2 rings (SSSR count). The molecule has 0 spiro atoms. The molecule has 0 saturated carbocycles. The van der Waals surface area contributed by atoms with E-state index in [0.29, 0.717) is 12.5 Å². The molecular formula is C14H18N2. The van der Waals surface area contributed by atoms with Crippen molar-refractivity contribution >= 4 is 10.9 Å². The predicted molar refractivity (Wildman–Crippen MR) is 68.5 cm³/mol. The van der Waals surface area contributed by atoms with Crippen molar-refractivity contribution in [2.24, 2.45) is 5.73 Å². The van der Waals surface area contributed by atoms with Crippen molar-refractivity contribution in [3.63, 3.8) is 0 Å². The fourth-order valence-corrected chi connectivity index (χ4v) is 2.08. The fraction of sp³-hybridized carbons (Fsp3) is 0.357. The molecule has 0 fully saturated rings. The average Bonchev–Trinajstić information content (AvgIpc) is 2.28. The van der Waals surface area contributed by atoms with Gasteiger partial charge in [0.1, 0.15) is 0 Å². The molecule has 0 saturated heterocycles. The zero-order chi connectivity index (χ0) is 11.7. The lowest BCUT2D eigenvalue weighted by atomic mass is 9.97. The molecule has 0 aliphatic heterocycles. The first-order chi connectivity index (χ1) is 7.63. The van der Waals surface area contributed by atoms with Crippen LogP contribution in [0.4, 0.5) is 0 Å². The van der Waals surface area contributed by atoms with Gasteiger partial charge in [0.15, 0.2) is 0 Å². The topological polar surface area (TPSA) is 38.9 Å². The Kier molecular flexibility index (Phi) is 2.92. The number of hydrogen-bond acceptors (Lipinski definition) is 2. The van der Waals surface area contributed by atoms with E-state index < -0.39 is 0 Å². The van der Waals surface area contributed by atoms with E-state index in [4.69, 9.17) is 5.73 Å². The minimum atomic E-state index is 0.489. The molecule has 0 bridgehead atoms. The van der Waals surface area contributed by atoms with Gasteiger partial charge in [-0.1, -0.05) is 32.0 Å². The van der Waals surface area contributed by atoms with Gasteiger partial charge < -0.3 is 5.73 Å². The third kappa shape index (κ3) is 1.81. The Morgan fingerprint density at radius 2 is 2.06 bits per heavy atom. The molecule has 1 aromatic heterocycles. The Morgan fingerprint density at radius 1 is 1.31 bits per heavy atom. The van der Waals surface area contributed by atoms with E-state index >= 15 is 0 Å². The lowest BCUT2D eigenvalue weighted by Gasteiger charge is -2.12. The molecule has 84 valence electrons. The van der Waals surface area contributed by atoms with Crippen LogP contribution in [-0.4, -0.2) is 4.98 Å². The maximum Gasteiger partial charge on any atom is 0.0743 e. The van der Waals surface area contributed by atoms with Gasteiger partial charge in [0.05, 0.1) is 11.2 Å². The van der Waals surface area contributed by atoms with Crippen LogP contribution in [0.15, 0.2) is 24.3 Å². The number of pyridine rings is 1. The number of hydrogen-bond donors (Lipinski definition) is 1. The SMILES string of the molecule is Cc1cc(CN)nc2c(C(C)C)cccc12. The van der Waals surface area contributed by atoms with Gasteiger partial charge in [-0.15, -0.1) is 0 Å². The van der Waals surface area contributed by atoms with Gasteiger partial charge in [-0.05, 0) is 30.0 Å². The van der Waals surface area contributed by atoms with Gasteiger partial charge >= 0.3 is 0 Å². The number of nitrogens with zero attached hydrogens (tertiary/aromatic N) is 1. The van der Waals surface area contributed by atoms with Crippen LogP contribution in [0, 0.1) is 6.92 Å². The largest absolute Gasteiger partial charge is 0.325 e. The maximum atomic E-state index is 5.67. The molecule has 0 unspecified atom stereocenters. The van der Waals surface area contributed by atoms with Gasteiger partial charge in [0, 0.05) is 11.9 Å². The van der Waals surface area contributed by atoms with Gasteiger partial charge in [-0.2, -0.15) is 0 Å². The highest BCUT2D eigenvalue weighted by molar-refractivity contribution is 5.85. The van der Waals surface area contributed by atoms with Crippen molar-refractivity contribution in [2.45, 2.75) is 33.2 Å². The van der Waals surface area contributed by atoms with Crippen LogP contribution in [-0.2, 0) is 6.54 Å². The second-order valence-corrected chi connectivity index (χ2v) is 4.53. The van der Waals surface area contributed by atoms with Crippen LogP contribution in [0.2, 0.25) is 0 Å². The van der Waals surface area contributed by atoms with Crippen LogP contribution < -0.4 is 5.73 Å². The first-order valence-electron chi connectivity index (χ1n) is 5.72. The standard InChI is InChI=1S/C14H18N2/c1-9(2)12-5-4-6-13-10(3)7-11(8-15)16-14(12)13/h4-7,9H,8,15H2,1-3H3. The van der Waals surface area contributed by atoms with E-state index in [1.165, 1.54) is 16.5 Å². The highest BCUT2D eigenvalue weighted by Crippen LogP contribution is 2.26. The second kappa shape index (κ2) is 4.22. The molecule has 16 heavy (non-hydrogen) atoms. The fourth-order valence-electron chi connectivity index (χ4n) is 2.08. The van der Waals surface area contributed by atoms with E-state index in [-0.39, 0.29) is 0 Å². The summed E-state index contributed by atoms with van der Waals surface area (Å²) in [7, 11) is 0. The van der Waals surface area contributed by atoms with Crippen molar-refractivity contribution in [1.29, 1.82) is 0 Å². The van der Waals surface area contributed by atoms with Gasteiger partial charge in [0.25, 0.3) is 0 Å². The Balaban J connectivity index is 2.79. The van der Waals surface area contributed by atoms with E-state index in [0.717, 1.165) is 11.2 Å².